The summed E-state index contributed by atoms with van der Waals surface area (Å²) in [4.78, 5) is 29.5. The van der Waals surface area contributed by atoms with E-state index in [1.165, 1.54) is 31.2 Å². The zero-order chi connectivity index (χ0) is 21.2. The zero-order valence-electron chi connectivity index (χ0n) is 15.8. The van der Waals surface area contributed by atoms with Crippen LogP contribution < -0.4 is 0 Å². The van der Waals surface area contributed by atoms with Gasteiger partial charge >= 0.3 is 13.8 Å². The van der Waals surface area contributed by atoms with Crippen molar-refractivity contribution in [3.05, 3.63) is 60.8 Å². The van der Waals surface area contributed by atoms with Gasteiger partial charge in [-0.05, 0) is 19.9 Å². The number of phosphoric ester groups is 1. The number of aliphatic hydroxyl groups is 2. The van der Waals surface area contributed by atoms with Crippen molar-refractivity contribution in [3.63, 3.8) is 0 Å². The third kappa shape index (κ3) is 9.94. The van der Waals surface area contributed by atoms with Crippen LogP contribution in [0.3, 0.4) is 0 Å². The molecule has 0 unspecified atom stereocenters. The molecule has 4 N–H and O–H groups in total. The number of hydrogen-bond donors (Lipinski definition) is 4. The van der Waals surface area contributed by atoms with E-state index < -0.39 is 37.7 Å². The number of allylic oxidation sites excluding steroid dienone is 5. The van der Waals surface area contributed by atoms with Crippen molar-refractivity contribution in [3.8, 4) is 0 Å². The summed E-state index contributed by atoms with van der Waals surface area (Å²) >= 11 is 0. The fraction of sp³-hybridized carbons (Fsp3) is 0.421. The normalized spacial score (nSPS) is 22.9. The van der Waals surface area contributed by atoms with Gasteiger partial charge in [0.1, 0.15) is 17.8 Å². The second kappa shape index (κ2) is 11.3. The van der Waals surface area contributed by atoms with Crippen LogP contribution >= 0.6 is 7.82 Å². The molecule has 0 saturated heterocycles. The third-order valence-electron chi connectivity index (χ3n) is 3.77. The molecule has 1 heterocycles. The van der Waals surface area contributed by atoms with Crippen LogP contribution in [0.15, 0.2) is 60.8 Å². The molecule has 4 atom stereocenters. The average molecular weight is 414 g/mol. The first-order valence-corrected chi connectivity index (χ1v) is 10.2. The lowest BCUT2D eigenvalue weighted by molar-refractivity contribution is -0.141. The van der Waals surface area contributed by atoms with Crippen LogP contribution in [-0.4, -0.2) is 49.9 Å². The number of rotatable bonds is 10. The van der Waals surface area contributed by atoms with Crippen LogP contribution in [-0.2, 0) is 18.6 Å². The summed E-state index contributed by atoms with van der Waals surface area (Å²) in [5.74, 6) is -0.518. The maximum absolute atomic E-state index is 11.3. The Kier molecular flexibility index (Phi) is 9.75. The summed E-state index contributed by atoms with van der Waals surface area (Å²) in [7, 11) is -4.93. The highest BCUT2D eigenvalue weighted by Crippen LogP contribution is 2.41. The molecule has 0 amide bonds. The lowest BCUT2D eigenvalue weighted by Crippen LogP contribution is -2.41. The molecule has 9 heteroatoms. The SMILES string of the molecule is C/C=C/C=C\C=C/[C@H](O)C[C@H](OP(=O)(O)O)[C@](C)(O)/C=C/[C@@H]1CC=CC(=O)O1. The fourth-order valence-corrected chi connectivity index (χ4v) is 2.98. The van der Waals surface area contributed by atoms with Gasteiger partial charge < -0.3 is 24.7 Å². The quantitative estimate of drug-likeness (QED) is 0.185. The standard InChI is InChI=1S/C19H27O8P/c1-3-4-5-6-7-9-15(20)14-17(27-28(23,24)25)19(2,22)13-12-16-10-8-11-18(21)26-16/h3-9,11-13,15-17,20,22H,10,14H2,1-2H3,(H2,23,24,25)/b4-3+,6-5-,9-7-,13-12+/t15-,16-,17-,19+/m0/s1. The zero-order valence-corrected chi connectivity index (χ0v) is 16.7. The van der Waals surface area contributed by atoms with Crippen molar-refractivity contribution in [2.45, 2.75) is 50.6 Å². The van der Waals surface area contributed by atoms with Gasteiger partial charge in [0, 0.05) is 18.9 Å². The Labute approximate surface area is 164 Å². The lowest BCUT2D eigenvalue weighted by Gasteiger charge is -2.31. The minimum atomic E-state index is -4.93. The molecule has 1 aliphatic heterocycles. The van der Waals surface area contributed by atoms with Gasteiger partial charge in [0.25, 0.3) is 0 Å². The molecule has 0 aliphatic carbocycles. The van der Waals surface area contributed by atoms with E-state index in [4.69, 9.17) is 19.0 Å². The van der Waals surface area contributed by atoms with E-state index in [0.29, 0.717) is 6.42 Å². The molecule has 28 heavy (non-hydrogen) atoms. The first-order chi connectivity index (χ1) is 13.0. The fourth-order valence-electron chi connectivity index (χ4n) is 2.35. The van der Waals surface area contributed by atoms with Crippen molar-refractivity contribution in [1.29, 1.82) is 0 Å². The lowest BCUT2D eigenvalue weighted by atomic mass is 9.93. The molecule has 8 nitrogen and oxygen atoms in total. The molecule has 0 radical (unpaired) electrons. The van der Waals surface area contributed by atoms with Gasteiger partial charge in [0.05, 0.1) is 6.10 Å². The largest absolute Gasteiger partial charge is 0.469 e. The molecule has 1 aliphatic rings. The van der Waals surface area contributed by atoms with E-state index in [2.05, 4.69) is 0 Å². The molecule has 0 saturated carbocycles. The molecular formula is C19H27O8P. The Bertz CT molecular complexity index is 699. The Hall–Kier alpha value is -1.80. The Morgan fingerprint density at radius 3 is 2.64 bits per heavy atom. The summed E-state index contributed by atoms with van der Waals surface area (Å²) in [5.41, 5.74) is -1.84. The number of ether oxygens (including phenoxy) is 1. The smallest absolute Gasteiger partial charge is 0.455 e. The molecular weight excluding hydrogens is 387 g/mol. The topological polar surface area (TPSA) is 134 Å². The van der Waals surface area contributed by atoms with Crippen molar-refractivity contribution in [2.24, 2.45) is 0 Å². The number of carbonyl (C=O) groups is 1. The van der Waals surface area contributed by atoms with Gasteiger partial charge in [0.15, 0.2) is 0 Å². The first kappa shape index (κ1) is 24.2. The number of carbonyl (C=O) groups excluding carboxylic acids is 1. The Morgan fingerprint density at radius 1 is 1.36 bits per heavy atom. The summed E-state index contributed by atoms with van der Waals surface area (Å²) in [5, 5.41) is 20.8. The molecule has 0 fully saturated rings. The molecule has 0 aromatic rings. The number of aliphatic hydroxyl groups excluding tert-OH is 1. The van der Waals surface area contributed by atoms with Gasteiger partial charge in [-0.15, -0.1) is 0 Å². The van der Waals surface area contributed by atoms with E-state index in [1.807, 2.05) is 13.0 Å². The highest BCUT2D eigenvalue weighted by Gasteiger charge is 2.37. The Morgan fingerprint density at radius 2 is 2.04 bits per heavy atom. The van der Waals surface area contributed by atoms with Gasteiger partial charge in [-0.3, -0.25) is 4.52 Å². The van der Waals surface area contributed by atoms with E-state index in [9.17, 15) is 19.6 Å². The monoisotopic (exact) mass is 414 g/mol. The maximum Gasteiger partial charge on any atom is 0.469 e. The van der Waals surface area contributed by atoms with Crippen LogP contribution in [0.4, 0.5) is 0 Å². The summed E-state index contributed by atoms with van der Waals surface area (Å²) < 4.78 is 21.0. The van der Waals surface area contributed by atoms with Crippen LogP contribution in [0.5, 0.6) is 0 Å². The van der Waals surface area contributed by atoms with Crippen molar-refractivity contribution in [1.82, 2.24) is 0 Å². The molecule has 156 valence electrons. The number of hydrogen-bond acceptors (Lipinski definition) is 6. The number of esters is 1. The van der Waals surface area contributed by atoms with Gasteiger partial charge in [-0.2, -0.15) is 0 Å². The van der Waals surface area contributed by atoms with Crippen LogP contribution in [0.1, 0.15) is 26.7 Å². The second-order valence-corrected chi connectivity index (χ2v) is 7.57. The van der Waals surface area contributed by atoms with E-state index in [0.717, 1.165) is 0 Å². The minimum absolute atomic E-state index is 0.277. The van der Waals surface area contributed by atoms with Crippen LogP contribution in [0, 0.1) is 0 Å². The molecule has 0 aromatic carbocycles. The van der Waals surface area contributed by atoms with E-state index >= 15 is 0 Å². The van der Waals surface area contributed by atoms with Crippen LogP contribution in [0.2, 0.25) is 0 Å². The van der Waals surface area contributed by atoms with Gasteiger partial charge in [-0.1, -0.05) is 48.6 Å². The van der Waals surface area contributed by atoms with Crippen molar-refractivity contribution < 1.29 is 38.6 Å². The van der Waals surface area contributed by atoms with E-state index in [1.54, 1.807) is 30.4 Å². The molecule has 1 rings (SSSR count). The first-order valence-electron chi connectivity index (χ1n) is 8.70. The number of cyclic esters (lactones) is 1. The minimum Gasteiger partial charge on any atom is -0.455 e. The maximum atomic E-state index is 11.3. The third-order valence-corrected chi connectivity index (χ3v) is 4.30. The molecule has 0 bridgehead atoms. The summed E-state index contributed by atoms with van der Waals surface area (Å²) in [6, 6.07) is 0. The Balaban J connectivity index is 2.87. The molecule has 0 spiro atoms. The highest BCUT2D eigenvalue weighted by atomic mass is 31.2. The summed E-state index contributed by atoms with van der Waals surface area (Å²) in [6.45, 7) is 3.14. The molecule has 0 aromatic heterocycles. The average Bonchev–Trinajstić information content (AvgIpc) is 2.58. The highest BCUT2D eigenvalue weighted by molar-refractivity contribution is 7.46. The summed E-state index contributed by atoms with van der Waals surface area (Å²) in [6.07, 6.45) is 12.6. The van der Waals surface area contributed by atoms with Crippen molar-refractivity contribution >= 4 is 13.8 Å². The van der Waals surface area contributed by atoms with E-state index in [-0.39, 0.29) is 6.42 Å². The number of phosphoric acid groups is 1. The second-order valence-electron chi connectivity index (χ2n) is 6.38. The predicted molar refractivity (Wildman–Crippen MR) is 104 cm³/mol. The van der Waals surface area contributed by atoms with Gasteiger partial charge in [0.2, 0.25) is 0 Å². The van der Waals surface area contributed by atoms with Crippen LogP contribution in [0.25, 0.3) is 0 Å². The van der Waals surface area contributed by atoms with Gasteiger partial charge in [-0.25, -0.2) is 9.36 Å². The van der Waals surface area contributed by atoms with Crippen molar-refractivity contribution in [2.75, 3.05) is 0 Å². The predicted octanol–water partition coefficient (Wildman–Crippen LogP) is 2.08.